The molecule has 108 valence electrons. The molecule has 0 unspecified atom stereocenters. The zero-order valence-electron chi connectivity index (χ0n) is 11.0. The SMILES string of the molecule is CCN(CC)S(=O)(=O)CCNC1=NCCCN1.I. The molecular weight excluding hydrogens is 367 g/mol. The molecule has 1 rings (SSSR count). The second kappa shape index (κ2) is 8.92. The van der Waals surface area contributed by atoms with Gasteiger partial charge in [-0.05, 0) is 6.42 Å². The molecule has 0 aromatic carbocycles. The van der Waals surface area contributed by atoms with Crippen LogP contribution in [0.2, 0.25) is 0 Å². The smallest absolute Gasteiger partial charge is 0.215 e. The van der Waals surface area contributed by atoms with Crippen molar-refractivity contribution in [3.63, 3.8) is 0 Å². The molecule has 1 heterocycles. The van der Waals surface area contributed by atoms with E-state index in [1.165, 1.54) is 4.31 Å². The van der Waals surface area contributed by atoms with Crippen LogP contribution in [-0.4, -0.2) is 57.2 Å². The summed E-state index contributed by atoms with van der Waals surface area (Å²) < 4.78 is 25.2. The Morgan fingerprint density at radius 3 is 2.56 bits per heavy atom. The maximum atomic E-state index is 11.9. The van der Waals surface area contributed by atoms with Gasteiger partial charge in [-0.3, -0.25) is 4.99 Å². The van der Waals surface area contributed by atoms with E-state index in [2.05, 4.69) is 15.6 Å². The molecule has 0 atom stereocenters. The first-order valence-electron chi connectivity index (χ1n) is 6.10. The highest BCUT2D eigenvalue weighted by atomic mass is 127. The molecule has 0 fully saturated rings. The van der Waals surface area contributed by atoms with Crippen molar-refractivity contribution in [2.45, 2.75) is 20.3 Å². The summed E-state index contributed by atoms with van der Waals surface area (Å²) in [5, 5.41) is 6.11. The van der Waals surface area contributed by atoms with Gasteiger partial charge in [0.15, 0.2) is 5.96 Å². The first-order valence-corrected chi connectivity index (χ1v) is 7.71. The number of halogens is 1. The third kappa shape index (κ3) is 5.70. The molecule has 18 heavy (non-hydrogen) atoms. The molecule has 0 amide bonds. The number of aliphatic imine (C=N–C) groups is 1. The van der Waals surface area contributed by atoms with Crippen molar-refractivity contribution < 1.29 is 8.42 Å². The molecule has 1 aliphatic rings. The molecule has 8 heteroatoms. The van der Waals surface area contributed by atoms with Gasteiger partial charge in [0.1, 0.15) is 0 Å². The first kappa shape index (κ1) is 17.9. The lowest BCUT2D eigenvalue weighted by molar-refractivity contribution is 0.445. The Kier molecular flexibility index (Phi) is 8.87. The van der Waals surface area contributed by atoms with Crippen LogP contribution in [-0.2, 0) is 10.0 Å². The Hall–Kier alpha value is -0.0900. The highest BCUT2D eigenvalue weighted by Gasteiger charge is 2.18. The lowest BCUT2D eigenvalue weighted by atomic mass is 10.4. The number of sulfonamides is 1. The Morgan fingerprint density at radius 2 is 2.06 bits per heavy atom. The summed E-state index contributed by atoms with van der Waals surface area (Å²) in [6.45, 7) is 6.84. The Morgan fingerprint density at radius 1 is 1.39 bits per heavy atom. The molecule has 0 aliphatic carbocycles. The number of nitrogens with one attached hydrogen (secondary N) is 2. The Balaban J connectivity index is 0.00000289. The van der Waals surface area contributed by atoms with Crippen LogP contribution < -0.4 is 10.6 Å². The third-order valence-corrected chi connectivity index (χ3v) is 4.67. The molecular formula is C10H23IN4O2S. The van der Waals surface area contributed by atoms with Crippen LogP contribution in [0.25, 0.3) is 0 Å². The van der Waals surface area contributed by atoms with Crippen molar-refractivity contribution in [1.82, 2.24) is 14.9 Å². The zero-order chi connectivity index (χ0) is 12.7. The maximum absolute atomic E-state index is 11.9. The summed E-state index contributed by atoms with van der Waals surface area (Å²) in [5.41, 5.74) is 0. The van der Waals surface area contributed by atoms with Gasteiger partial charge in [-0.25, -0.2) is 12.7 Å². The van der Waals surface area contributed by atoms with Gasteiger partial charge in [-0.2, -0.15) is 0 Å². The van der Waals surface area contributed by atoms with Gasteiger partial charge in [-0.1, -0.05) is 13.8 Å². The molecule has 0 saturated heterocycles. The van der Waals surface area contributed by atoms with Crippen LogP contribution in [0.1, 0.15) is 20.3 Å². The predicted octanol–water partition coefficient (Wildman–Crippen LogP) is 0.215. The summed E-state index contributed by atoms with van der Waals surface area (Å²) >= 11 is 0. The molecule has 1 aliphatic heterocycles. The van der Waals surface area contributed by atoms with E-state index >= 15 is 0 Å². The molecule has 2 N–H and O–H groups in total. The maximum Gasteiger partial charge on any atom is 0.215 e. The average molecular weight is 390 g/mol. The molecule has 0 bridgehead atoms. The van der Waals surface area contributed by atoms with E-state index in [9.17, 15) is 8.42 Å². The van der Waals surface area contributed by atoms with Crippen LogP contribution in [0, 0.1) is 0 Å². The summed E-state index contributed by atoms with van der Waals surface area (Å²) in [6, 6.07) is 0. The van der Waals surface area contributed by atoms with Crippen LogP contribution in [0.3, 0.4) is 0 Å². The largest absolute Gasteiger partial charge is 0.356 e. The molecule has 0 aromatic heterocycles. The highest BCUT2D eigenvalue weighted by molar-refractivity contribution is 14.0. The van der Waals surface area contributed by atoms with Crippen molar-refractivity contribution in [2.75, 3.05) is 38.5 Å². The standard InChI is InChI=1S/C10H22N4O2S.HI/c1-3-14(4-2)17(15,16)9-8-13-10-11-6-5-7-12-10;/h3-9H2,1-2H3,(H2,11,12,13);1H. The van der Waals surface area contributed by atoms with Crippen molar-refractivity contribution in [3.05, 3.63) is 0 Å². The number of rotatable bonds is 6. The molecule has 6 nitrogen and oxygen atoms in total. The highest BCUT2D eigenvalue weighted by Crippen LogP contribution is 1.99. The number of hydrogen-bond donors (Lipinski definition) is 2. The van der Waals surface area contributed by atoms with Crippen LogP contribution >= 0.6 is 24.0 Å². The van der Waals surface area contributed by atoms with Gasteiger partial charge < -0.3 is 10.6 Å². The fraction of sp³-hybridized carbons (Fsp3) is 0.900. The number of guanidine groups is 1. The van der Waals surface area contributed by atoms with E-state index in [-0.39, 0.29) is 29.7 Å². The fourth-order valence-electron chi connectivity index (χ4n) is 1.70. The van der Waals surface area contributed by atoms with E-state index in [1.54, 1.807) is 0 Å². The van der Waals surface area contributed by atoms with Crippen LogP contribution in [0.4, 0.5) is 0 Å². The number of nitrogens with zero attached hydrogens (tertiary/aromatic N) is 2. The minimum atomic E-state index is -3.14. The lowest BCUT2D eigenvalue weighted by Gasteiger charge is -2.20. The second-order valence-corrected chi connectivity index (χ2v) is 5.93. The summed E-state index contributed by atoms with van der Waals surface area (Å²) in [5.74, 6) is 0.820. The minimum absolute atomic E-state index is 0. The van der Waals surface area contributed by atoms with Gasteiger partial charge in [-0.15, -0.1) is 24.0 Å². The van der Waals surface area contributed by atoms with Gasteiger partial charge in [0, 0.05) is 32.7 Å². The Labute approximate surface area is 127 Å². The molecule has 0 saturated carbocycles. The van der Waals surface area contributed by atoms with Crippen molar-refractivity contribution in [1.29, 1.82) is 0 Å². The third-order valence-electron chi connectivity index (χ3n) is 2.65. The molecule has 0 radical (unpaired) electrons. The number of hydrogen-bond acceptors (Lipinski definition) is 5. The van der Waals surface area contributed by atoms with Gasteiger partial charge in [0.05, 0.1) is 5.75 Å². The van der Waals surface area contributed by atoms with Gasteiger partial charge >= 0.3 is 0 Å². The van der Waals surface area contributed by atoms with Gasteiger partial charge in [0.2, 0.25) is 10.0 Å². The van der Waals surface area contributed by atoms with E-state index < -0.39 is 10.0 Å². The summed E-state index contributed by atoms with van der Waals surface area (Å²) in [7, 11) is -3.14. The average Bonchev–Trinajstić information content (AvgIpc) is 2.31. The predicted molar refractivity (Wildman–Crippen MR) is 85.0 cm³/mol. The first-order chi connectivity index (χ1) is 8.10. The van der Waals surface area contributed by atoms with Crippen LogP contribution in [0.15, 0.2) is 4.99 Å². The summed E-state index contributed by atoms with van der Waals surface area (Å²) in [4.78, 5) is 4.22. The van der Waals surface area contributed by atoms with E-state index in [1.807, 2.05) is 13.8 Å². The lowest BCUT2D eigenvalue weighted by Crippen LogP contribution is -2.44. The summed E-state index contributed by atoms with van der Waals surface area (Å²) in [6.07, 6.45) is 1.03. The normalized spacial score (nSPS) is 15.6. The monoisotopic (exact) mass is 390 g/mol. The topological polar surface area (TPSA) is 73.8 Å². The van der Waals surface area contributed by atoms with E-state index in [4.69, 9.17) is 0 Å². The minimum Gasteiger partial charge on any atom is -0.356 e. The second-order valence-electron chi connectivity index (χ2n) is 3.84. The van der Waals surface area contributed by atoms with E-state index in [0.717, 1.165) is 19.5 Å². The Bertz CT molecular complexity index is 355. The fourth-order valence-corrected chi connectivity index (χ4v) is 3.10. The molecule has 0 aromatic rings. The van der Waals surface area contributed by atoms with Crippen molar-refractivity contribution in [2.24, 2.45) is 4.99 Å². The van der Waals surface area contributed by atoms with Gasteiger partial charge in [0.25, 0.3) is 0 Å². The quantitative estimate of drug-likeness (QED) is 0.637. The van der Waals surface area contributed by atoms with E-state index in [0.29, 0.717) is 25.6 Å². The zero-order valence-corrected chi connectivity index (χ0v) is 14.1. The van der Waals surface area contributed by atoms with Crippen molar-refractivity contribution in [3.8, 4) is 0 Å². The van der Waals surface area contributed by atoms with Crippen molar-refractivity contribution >= 4 is 40.0 Å². The molecule has 0 spiro atoms. The van der Waals surface area contributed by atoms with Crippen LogP contribution in [0.5, 0.6) is 0 Å².